The summed E-state index contributed by atoms with van der Waals surface area (Å²) in [4.78, 5) is 7.07. The highest BCUT2D eigenvalue weighted by molar-refractivity contribution is 5.46. The number of hydrogen-bond acceptors (Lipinski definition) is 3. The second kappa shape index (κ2) is 8.96. The van der Waals surface area contributed by atoms with Crippen LogP contribution in [-0.4, -0.2) is 24.6 Å². The molecule has 0 aliphatic rings. The van der Waals surface area contributed by atoms with E-state index in [1.807, 2.05) is 12.3 Å². The van der Waals surface area contributed by atoms with Crippen LogP contribution in [0.3, 0.4) is 0 Å². The van der Waals surface area contributed by atoms with E-state index in [0.717, 1.165) is 37.2 Å². The normalized spacial score (nSPS) is 11.3. The smallest absolute Gasteiger partial charge is 0.131 e. The largest absolute Gasteiger partial charge is 0.356 e. The molecule has 1 rings (SSSR count). The zero-order chi connectivity index (χ0) is 15.0. The highest BCUT2D eigenvalue weighted by Gasteiger charge is 2.13. The highest BCUT2D eigenvalue weighted by atomic mass is 15.2. The standard InChI is InChI=1S/C17H31N3/c1-14(2)8-12-20(13-9-15(3)4)17-16(7-10-18)6-5-11-19-17/h5-6,11,14-15H,7-10,12-13,18H2,1-4H3. The van der Waals surface area contributed by atoms with Crippen molar-refractivity contribution in [3.05, 3.63) is 23.9 Å². The third kappa shape index (κ3) is 5.91. The zero-order valence-electron chi connectivity index (χ0n) is 13.6. The Labute approximate surface area is 124 Å². The summed E-state index contributed by atoms with van der Waals surface area (Å²) in [5.41, 5.74) is 7.01. The molecule has 0 unspecified atom stereocenters. The van der Waals surface area contributed by atoms with Crippen molar-refractivity contribution < 1.29 is 0 Å². The first kappa shape index (κ1) is 17.0. The Morgan fingerprint density at radius 1 is 1.10 bits per heavy atom. The lowest BCUT2D eigenvalue weighted by atomic mass is 10.1. The van der Waals surface area contributed by atoms with Crippen LogP contribution in [0.1, 0.15) is 46.1 Å². The molecule has 0 fully saturated rings. The van der Waals surface area contributed by atoms with Crippen LogP contribution in [0, 0.1) is 11.8 Å². The van der Waals surface area contributed by atoms with Crippen molar-refractivity contribution in [3.63, 3.8) is 0 Å². The Kier molecular flexibility index (Phi) is 7.60. The van der Waals surface area contributed by atoms with E-state index in [9.17, 15) is 0 Å². The molecule has 0 radical (unpaired) electrons. The zero-order valence-corrected chi connectivity index (χ0v) is 13.6. The Bertz CT molecular complexity index is 362. The van der Waals surface area contributed by atoms with Gasteiger partial charge >= 0.3 is 0 Å². The van der Waals surface area contributed by atoms with Gasteiger partial charge in [0.05, 0.1) is 0 Å². The van der Waals surface area contributed by atoms with Crippen LogP contribution in [0.5, 0.6) is 0 Å². The fraction of sp³-hybridized carbons (Fsp3) is 0.706. The summed E-state index contributed by atoms with van der Waals surface area (Å²) in [6.07, 6.45) is 5.21. The maximum absolute atomic E-state index is 5.73. The third-order valence-electron chi connectivity index (χ3n) is 3.53. The molecular weight excluding hydrogens is 246 g/mol. The number of rotatable bonds is 9. The van der Waals surface area contributed by atoms with Crippen LogP contribution >= 0.6 is 0 Å². The molecule has 1 aromatic heterocycles. The van der Waals surface area contributed by atoms with Gasteiger partial charge in [0.15, 0.2) is 0 Å². The van der Waals surface area contributed by atoms with Crippen molar-refractivity contribution in [2.24, 2.45) is 17.6 Å². The quantitative estimate of drug-likeness (QED) is 0.751. The first-order valence-electron chi connectivity index (χ1n) is 7.93. The Hall–Kier alpha value is -1.09. The lowest BCUT2D eigenvalue weighted by molar-refractivity contribution is 0.532. The van der Waals surface area contributed by atoms with Gasteiger partial charge in [0.25, 0.3) is 0 Å². The van der Waals surface area contributed by atoms with Gasteiger partial charge in [0, 0.05) is 19.3 Å². The van der Waals surface area contributed by atoms with E-state index in [-0.39, 0.29) is 0 Å². The van der Waals surface area contributed by atoms with Crippen LogP contribution in [0.25, 0.3) is 0 Å². The van der Waals surface area contributed by atoms with Crippen LogP contribution in [0.2, 0.25) is 0 Å². The fourth-order valence-corrected chi connectivity index (χ4v) is 2.22. The van der Waals surface area contributed by atoms with Gasteiger partial charge < -0.3 is 10.6 Å². The molecule has 1 heterocycles. The third-order valence-corrected chi connectivity index (χ3v) is 3.53. The summed E-state index contributed by atoms with van der Waals surface area (Å²) in [6.45, 7) is 12.0. The van der Waals surface area contributed by atoms with E-state index < -0.39 is 0 Å². The molecule has 3 heteroatoms. The molecule has 3 nitrogen and oxygen atoms in total. The monoisotopic (exact) mass is 277 g/mol. The van der Waals surface area contributed by atoms with Crippen molar-refractivity contribution in [1.82, 2.24) is 4.98 Å². The molecule has 20 heavy (non-hydrogen) atoms. The molecule has 0 saturated heterocycles. The van der Waals surface area contributed by atoms with Crippen molar-refractivity contribution in [2.45, 2.75) is 47.0 Å². The number of aromatic nitrogens is 1. The molecule has 1 aromatic rings. The van der Waals surface area contributed by atoms with Crippen LogP contribution in [0.4, 0.5) is 5.82 Å². The summed E-state index contributed by atoms with van der Waals surface area (Å²) in [5, 5.41) is 0. The minimum atomic E-state index is 0.681. The lowest BCUT2D eigenvalue weighted by Gasteiger charge is -2.27. The van der Waals surface area contributed by atoms with Gasteiger partial charge in [-0.1, -0.05) is 33.8 Å². The number of nitrogens with two attached hydrogens (primary N) is 1. The minimum Gasteiger partial charge on any atom is -0.356 e. The molecule has 0 bridgehead atoms. The second-order valence-electron chi connectivity index (χ2n) is 6.38. The van der Waals surface area contributed by atoms with Gasteiger partial charge in [-0.05, 0) is 49.3 Å². The molecule has 0 spiro atoms. The average molecular weight is 277 g/mol. The van der Waals surface area contributed by atoms with E-state index in [0.29, 0.717) is 6.54 Å². The summed E-state index contributed by atoms with van der Waals surface area (Å²) in [5.74, 6) is 2.58. The van der Waals surface area contributed by atoms with Gasteiger partial charge in [-0.15, -0.1) is 0 Å². The number of pyridine rings is 1. The maximum atomic E-state index is 5.73. The fourth-order valence-electron chi connectivity index (χ4n) is 2.22. The average Bonchev–Trinajstić information content (AvgIpc) is 2.40. The highest BCUT2D eigenvalue weighted by Crippen LogP contribution is 2.20. The molecule has 0 aromatic carbocycles. The van der Waals surface area contributed by atoms with E-state index in [1.165, 1.54) is 18.4 Å². The molecule has 2 N–H and O–H groups in total. The summed E-state index contributed by atoms with van der Waals surface area (Å²) >= 11 is 0. The van der Waals surface area contributed by atoms with Gasteiger partial charge in [-0.3, -0.25) is 0 Å². The van der Waals surface area contributed by atoms with Crippen LogP contribution < -0.4 is 10.6 Å². The van der Waals surface area contributed by atoms with E-state index in [2.05, 4.69) is 43.6 Å². The maximum Gasteiger partial charge on any atom is 0.131 e. The minimum absolute atomic E-state index is 0.681. The summed E-state index contributed by atoms with van der Waals surface area (Å²) in [7, 11) is 0. The Balaban J connectivity index is 2.84. The molecule has 0 atom stereocenters. The molecule has 114 valence electrons. The molecule has 0 saturated carbocycles. The van der Waals surface area contributed by atoms with Crippen LogP contribution in [-0.2, 0) is 6.42 Å². The van der Waals surface area contributed by atoms with E-state index in [1.54, 1.807) is 0 Å². The first-order chi connectivity index (χ1) is 9.54. The van der Waals surface area contributed by atoms with Gasteiger partial charge in [-0.2, -0.15) is 0 Å². The van der Waals surface area contributed by atoms with Crippen molar-refractivity contribution >= 4 is 5.82 Å². The number of anilines is 1. The van der Waals surface area contributed by atoms with Gasteiger partial charge in [0.1, 0.15) is 5.82 Å². The second-order valence-corrected chi connectivity index (χ2v) is 6.38. The van der Waals surface area contributed by atoms with Gasteiger partial charge in [0.2, 0.25) is 0 Å². The lowest BCUT2D eigenvalue weighted by Crippen LogP contribution is -2.29. The van der Waals surface area contributed by atoms with Gasteiger partial charge in [-0.25, -0.2) is 4.98 Å². The molecular formula is C17H31N3. The predicted octanol–water partition coefficient (Wildman–Crippen LogP) is 3.48. The van der Waals surface area contributed by atoms with Crippen molar-refractivity contribution in [3.8, 4) is 0 Å². The SMILES string of the molecule is CC(C)CCN(CCC(C)C)c1ncccc1CCN. The van der Waals surface area contributed by atoms with Crippen molar-refractivity contribution in [1.29, 1.82) is 0 Å². The Morgan fingerprint density at radius 3 is 2.20 bits per heavy atom. The number of nitrogens with zero attached hydrogens (tertiary/aromatic N) is 2. The predicted molar refractivity (Wildman–Crippen MR) is 88.1 cm³/mol. The van der Waals surface area contributed by atoms with Crippen molar-refractivity contribution in [2.75, 3.05) is 24.5 Å². The Morgan fingerprint density at radius 2 is 1.70 bits per heavy atom. The van der Waals surface area contributed by atoms with E-state index >= 15 is 0 Å². The van der Waals surface area contributed by atoms with E-state index in [4.69, 9.17) is 5.73 Å². The first-order valence-corrected chi connectivity index (χ1v) is 7.93. The topological polar surface area (TPSA) is 42.2 Å². The van der Waals surface area contributed by atoms with Crippen LogP contribution in [0.15, 0.2) is 18.3 Å². The molecule has 0 amide bonds. The summed E-state index contributed by atoms with van der Waals surface area (Å²) < 4.78 is 0. The summed E-state index contributed by atoms with van der Waals surface area (Å²) in [6, 6.07) is 4.17. The molecule has 0 aliphatic carbocycles. The molecule has 0 aliphatic heterocycles. The number of hydrogen-bond donors (Lipinski definition) is 1.